The Morgan fingerprint density at radius 1 is 1.09 bits per heavy atom. The topological polar surface area (TPSA) is 51.1 Å². The molecule has 0 spiro atoms. The molecule has 1 aromatic heterocycles. The first kappa shape index (κ1) is 25.7. The molecule has 1 saturated carbocycles. The highest BCUT2D eigenvalue weighted by Crippen LogP contribution is 2.39. The molecule has 4 rings (SSSR count). The maximum Gasteiger partial charge on any atom is 0.417 e. The predicted molar refractivity (Wildman–Crippen MR) is 130 cm³/mol. The van der Waals surface area contributed by atoms with Crippen LogP contribution in [0.15, 0.2) is 48.7 Å². The number of benzene rings is 2. The second-order valence-electron chi connectivity index (χ2n) is 10.5. The third-order valence-electron chi connectivity index (χ3n) is 6.43. The van der Waals surface area contributed by atoms with Crippen molar-refractivity contribution in [2.24, 2.45) is 5.41 Å². The second kappa shape index (κ2) is 9.24. The summed E-state index contributed by atoms with van der Waals surface area (Å²) in [5.41, 5.74) is 0.635. The molecule has 35 heavy (non-hydrogen) atoms. The summed E-state index contributed by atoms with van der Waals surface area (Å²) in [5.74, 6) is 0. The molecule has 0 aliphatic heterocycles. The number of hydrogen-bond acceptors (Lipinski definition) is 2. The first-order valence-electron chi connectivity index (χ1n) is 11.7. The van der Waals surface area contributed by atoms with E-state index in [1.165, 1.54) is 12.1 Å². The van der Waals surface area contributed by atoms with Crippen molar-refractivity contribution < 1.29 is 26.0 Å². The van der Waals surface area contributed by atoms with Crippen LogP contribution in [0.1, 0.15) is 57.2 Å². The lowest BCUT2D eigenvalue weighted by molar-refractivity contribution is -0.137. The molecule has 0 bridgehead atoms. The molecule has 0 unspecified atom stereocenters. The van der Waals surface area contributed by atoms with E-state index in [1.807, 2.05) is 25.3 Å². The molecular formula is C26H30F4N2O2S. The lowest BCUT2D eigenvalue weighted by atomic mass is 9.96. The average molecular weight is 511 g/mol. The number of halogens is 4. The first-order chi connectivity index (χ1) is 16.3. The van der Waals surface area contributed by atoms with Gasteiger partial charge in [-0.2, -0.15) is 13.2 Å². The molecule has 1 aliphatic rings. The van der Waals surface area contributed by atoms with Crippen LogP contribution in [0.25, 0.3) is 22.0 Å². The van der Waals surface area contributed by atoms with E-state index < -0.39 is 39.7 Å². The second-order valence-corrected chi connectivity index (χ2v) is 12.5. The standard InChI is InChI=1S/C26H30F4N2O2S/c1-25(2,3)16-32-15-21(23(14-27)31-35(33,34)18-7-6-8-18)20-12-11-17(13-24(20)32)19-9-4-5-10-22(19)26(28,29)30/h4-5,9-13,15,18,23,31H,6-8,14,16H2,1-3H3/t23-/m0/s1. The Morgan fingerprint density at radius 2 is 1.77 bits per heavy atom. The highest BCUT2D eigenvalue weighted by atomic mass is 32.2. The zero-order valence-corrected chi connectivity index (χ0v) is 20.8. The van der Waals surface area contributed by atoms with Gasteiger partial charge in [0.15, 0.2) is 0 Å². The number of hydrogen-bond donors (Lipinski definition) is 1. The van der Waals surface area contributed by atoms with Crippen molar-refractivity contribution in [3.05, 3.63) is 59.8 Å². The molecule has 9 heteroatoms. The Bertz CT molecular complexity index is 1320. The van der Waals surface area contributed by atoms with E-state index >= 15 is 0 Å². The van der Waals surface area contributed by atoms with Gasteiger partial charge in [-0.3, -0.25) is 0 Å². The van der Waals surface area contributed by atoms with Gasteiger partial charge in [0.2, 0.25) is 10.0 Å². The van der Waals surface area contributed by atoms with E-state index in [0.29, 0.717) is 41.4 Å². The Kier molecular flexibility index (Phi) is 6.79. The molecule has 1 atom stereocenters. The van der Waals surface area contributed by atoms with Gasteiger partial charge in [-0.15, -0.1) is 0 Å². The molecule has 4 nitrogen and oxygen atoms in total. The molecule has 0 amide bonds. The average Bonchev–Trinajstić information content (AvgIpc) is 3.05. The minimum absolute atomic E-state index is 0.0553. The highest BCUT2D eigenvalue weighted by Gasteiger charge is 2.35. The largest absolute Gasteiger partial charge is 0.417 e. The van der Waals surface area contributed by atoms with E-state index in [4.69, 9.17) is 0 Å². The van der Waals surface area contributed by atoms with Crippen LogP contribution in [-0.2, 0) is 22.7 Å². The summed E-state index contributed by atoms with van der Waals surface area (Å²) < 4.78 is 85.0. The number of alkyl halides is 4. The number of nitrogens with zero attached hydrogens (tertiary/aromatic N) is 1. The van der Waals surface area contributed by atoms with E-state index in [9.17, 15) is 26.0 Å². The van der Waals surface area contributed by atoms with Crippen molar-refractivity contribution in [2.45, 2.75) is 64.0 Å². The Hall–Kier alpha value is -2.39. The fourth-order valence-corrected chi connectivity index (χ4v) is 6.28. The highest BCUT2D eigenvalue weighted by molar-refractivity contribution is 7.90. The normalized spacial score (nSPS) is 16.4. The molecule has 1 N–H and O–H groups in total. The van der Waals surface area contributed by atoms with Crippen molar-refractivity contribution in [1.29, 1.82) is 0 Å². The predicted octanol–water partition coefficient (Wildman–Crippen LogP) is 6.86. The fraction of sp³-hybridized carbons (Fsp3) is 0.462. The quantitative estimate of drug-likeness (QED) is 0.353. The lowest BCUT2D eigenvalue weighted by Gasteiger charge is -2.27. The summed E-state index contributed by atoms with van der Waals surface area (Å²) in [6.07, 6.45) is -0.838. The van der Waals surface area contributed by atoms with Gasteiger partial charge < -0.3 is 4.57 Å². The van der Waals surface area contributed by atoms with Crippen LogP contribution >= 0.6 is 0 Å². The number of aromatic nitrogens is 1. The molecule has 1 fully saturated rings. The fourth-order valence-electron chi connectivity index (χ4n) is 4.54. The van der Waals surface area contributed by atoms with E-state index in [0.717, 1.165) is 12.5 Å². The first-order valence-corrected chi connectivity index (χ1v) is 13.2. The Balaban J connectivity index is 1.84. The van der Waals surface area contributed by atoms with Crippen LogP contribution in [0.4, 0.5) is 17.6 Å². The van der Waals surface area contributed by atoms with Crippen LogP contribution in [0.5, 0.6) is 0 Å². The molecule has 3 aromatic rings. The van der Waals surface area contributed by atoms with Crippen LogP contribution in [-0.4, -0.2) is 24.9 Å². The number of rotatable bonds is 7. The third-order valence-corrected chi connectivity index (χ3v) is 8.39. The summed E-state index contributed by atoms with van der Waals surface area (Å²) in [7, 11) is -3.67. The molecule has 2 aromatic carbocycles. The molecular weight excluding hydrogens is 480 g/mol. The third kappa shape index (κ3) is 5.40. The van der Waals surface area contributed by atoms with Gasteiger partial charge in [0.1, 0.15) is 6.67 Å². The minimum Gasteiger partial charge on any atom is -0.347 e. The number of nitrogens with one attached hydrogen (secondary N) is 1. The summed E-state index contributed by atoms with van der Waals surface area (Å²) in [5, 5.41) is 0.103. The zero-order chi connectivity index (χ0) is 25.6. The van der Waals surface area contributed by atoms with Gasteiger partial charge >= 0.3 is 6.18 Å². The lowest BCUT2D eigenvalue weighted by Crippen LogP contribution is -2.40. The molecule has 0 radical (unpaired) electrons. The number of sulfonamides is 1. The van der Waals surface area contributed by atoms with Gasteiger partial charge in [-0.05, 0) is 47.1 Å². The monoisotopic (exact) mass is 510 g/mol. The van der Waals surface area contributed by atoms with Gasteiger partial charge in [0.25, 0.3) is 0 Å². The van der Waals surface area contributed by atoms with Gasteiger partial charge in [-0.1, -0.05) is 57.5 Å². The molecule has 0 saturated heterocycles. The van der Waals surface area contributed by atoms with Gasteiger partial charge in [0, 0.05) is 23.6 Å². The summed E-state index contributed by atoms with van der Waals surface area (Å²) in [6.45, 7) is 5.65. The van der Waals surface area contributed by atoms with Crippen molar-refractivity contribution in [1.82, 2.24) is 9.29 Å². The van der Waals surface area contributed by atoms with Crippen LogP contribution in [0, 0.1) is 5.41 Å². The van der Waals surface area contributed by atoms with Crippen molar-refractivity contribution in [3.63, 3.8) is 0 Å². The molecule has 1 heterocycles. The minimum atomic E-state index is -4.51. The van der Waals surface area contributed by atoms with Crippen molar-refractivity contribution >= 4 is 20.9 Å². The maximum absolute atomic E-state index is 14.2. The van der Waals surface area contributed by atoms with E-state index in [-0.39, 0.29) is 11.0 Å². The van der Waals surface area contributed by atoms with Crippen LogP contribution < -0.4 is 4.72 Å². The van der Waals surface area contributed by atoms with Gasteiger partial charge in [-0.25, -0.2) is 17.5 Å². The Morgan fingerprint density at radius 3 is 2.34 bits per heavy atom. The maximum atomic E-state index is 14.2. The summed E-state index contributed by atoms with van der Waals surface area (Å²) in [4.78, 5) is 0. The molecule has 190 valence electrons. The smallest absolute Gasteiger partial charge is 0.347 e. The van der Waals surface area contributed by atoms with Crippen LogP contribution in [0.2, 0.25) is 0 Å². The van der Waals surface area contributed by atoms with Gasteiger partial charge in [0.05, 0.1) is 16.9 Å². The molecule has 1 aliphatic carbocycles. The van der Waals surface area contributed by atoms with Crippen molar-refractivity contribution in [2.75, 3.05) is 6.67 Å². The van der Waals surface area contributed by atoms with E-state index in [1.54, 1.807) is 30.5 Å². The SMILES string of the molecule is CC(C)(C)Cn1cc([C@H](CF)NS(=O)(=O)C2CCC2)c2ccc(-c3ccccc3C(F)(F)F)cc21. The zero-order valence-electron chi connectivity index (χ0n) is 20.0. The van der Waals surface area contributed by atoms with Crippen molar-refractivity contribution in [3.8, 4) is 11.1 Å². The van der Waals surface area contributed by atoms with E-state index in [2.05, 4.69) is 4.72 Å². The summed E-state index contributed by atoms with van der Waals surface area (Å²) >= 11 is 0. The van der Waals surface area contributed by atoms with Crippen LogP contribution in [0.3, 0.4) is 0 Å². The Labute approximate surface area is 203 Å². The number of fused-ring (bicyclic) bond motifs is 1. The summed E-state index contributed by atoms with van der Waals surface area (Å²) in [6, 6.07) is 9.23.